The summed E-state index contributed by atoms with van der Waals surface area (Å²) in [7, 11) is 0. The lowest BCUT2D eigenvalue weighted by Gasteiger charge is -2.00. The van der Waals surface area contributed by atoms with Crippen LogP contribution in [0.25, 0.3) is 0 Å². The zero-order valence-electron chi connectivity index (χ0n) is 7.93. The van der Waals surface area contributed by atoms with Gasteiger partial charge < -0.3 is 5.11 Å². The maximum absolute atomic E-state index is 11.5. The van der Waals surface area contributed by atoms with Crippen LogP contribution in [0.15, 0.2) is 24.3 Å². The number of benzene rings is 1. The Labute approximate surface area is 86.8 Å². The second-order valence-electron chi connectivity index (χ2n) is 2.97. The number of nitrogens with zero attached hydrogens (tertiary/aromatic N) is 1. The van der Waals surface area contributed by atoms with E-state index in [1.807, 2.05) is 6.07 Å². The molecule has 0 amide bonds. The molecule has 0 aliphatic heterocycles. The normalized spacial score (nSPS) is 9.27. The summed E-state index contributed by atoms with van der Waals surface area (Å²) in [6.45, 7) is 0. The van der Waals surface area contributed by atoms with Crippen LogP contribution >= 0.6 is 0 Å². The van der Waals surface area contributed by atoms with Crippen LogP contribution < -0.4 is 0 Å². The van der Waals surface area contributed by atoms with Gasteiger partial charge in [-0.1, -0.05) is 18.2 Å². The molecule has 4 nitrogen and oxygen atoms in total. The molecule has 0 saturated heterocycles. The molecule has 0 fully saturated rings. The van der Waals surface area contributed by atoms with Crippen molar-refractivity contribution in [3.8, 4) is 6.07 Å². The van der Waals surface area contributed by atoms with Gasteiger partial charge >= 0.3 is 5.97 Å². The molecule has 0 atom stereocenters. The zero-order valence-corrected chi connectivity index (χ0v) is 7.93. The summed E-state index contributed by atoms with van der Waals surface area (Å²) >= 11 is 0. The Hall–Kier alpha value is -2.15. The van der Waals surface area contributed by atoms with Gasteiger partial charge in [-0.05, 0) is 6.07 Å². The molecule has 0 radical (unpaired) electrons. The molecular formula is C11H9NO3. The molecule has 0 aliphatic carbocycles. The Bertz CT molecular complexity index is 432. The first-order chi connectivity index (χ1) is 7.15. The quantitative estimate of drug-likeness (QED) is 0.754. The van der Waals surface area contributed by atoms with Gasteiger partial charge in [0.05, 0.1) is 18.1 Å². The Kier molecular flexibility index (Phi) is 3.58. The Morgan fingerprint density at radius 3 is 2.53 bits per heavy atom. The summed E-state index contributed by atoms with van der Waals surface area (Å²) in [5.41, 5.74) is 0.578. The highest BCUT2D eigenvalue weighted by Crippen LogP contribution is 2.11. The third kappa shape index (κ3) is 2.92. The van der Waals surface area contributed by atoms with E-state index in [4.69, 9.17) is 10.4 Å². The molecule has 1 N–H and O–H groups in total. The maximum Gasteiger partial charge on any atom is 0.303 e. The summed E-state index contributed by atoms with van der Waals surface area (Å²) in [5.74, 6) is -1.33. The number of hydrogen-bond donors (Lipinski definition) is 1. The van der Waals surface area contributed by atoms with Crippen molar-refractivity contribution in [3.63, 3.8) is 0 Å². The van der Waals surface area contributed by atoms with E-state index in [1.54, 1.807) is 12.1 Å². The van der Waals surface area contributed by atoms with Crippen molar-refractivity contribution in [2.45, 2.75) is 12.8 Å². The Balaban J connectivity index is 2.83. The predicted molar refractivity (Wildman–Crippen MR) is 52.4 cm³/mol. The number of carbonyl (C=O) groups excluding carboxylic acids is 1. The van der Waals surface area contributed by atoms with Crippen molar-refractivity contribution in [3.05, 3.63) is 35.4 Å². The average Bonchev–Trinajstić information content (AvgIpc) is 2.25. The highest BCUT2D eigenvalue weighted by molar-refractivity contribution is 5.99. The van der Waals surface area contributed by atoms with Crippen molar-refractivity contribution in [2.24, 2.45) is 0 Å². The number of carboxylic acids is 1. The predicted octanol–water partition coefficient (Wildman–Crippen LogP) is 1.61. The lowest BCUT2D eigenvalue weighted by Crippen LogP contribution is -2.05. The maximum atomic E-state index is 11.5. The Morgan fingerprint density at radius 2 is 1.93 bits per heavy atom. The number of carboxylic acid groups (broad SMARTS) is 1. The van der Waals surface area contributed by atoms with E-state index in [0.717, 1.165) is 0 Å². The van der Waals surface area contributed by atoms with E-state index in [0.29, 0.717) is 5.56 Å². The molecule has 1 rings (SSSR count). The minimum absolute atomic E-state index is 0.0754. The van der Waals surface area contributed by atoms with E-state index < -0.39 is 5.97 Å². The first kappa shape index (κ1) is 10.9. The fourth-order valence-electron chi connectivity index (χ4n) is 1.18. The van der Waals surface area contributed by atoms with Crippen LogP contribution in [0.5, 0.6) is 0 Å². The van der Waals surface area contributed by atoms with Crippen LogP contribution in [0.4, 0.5) is 0 Å². The molecule has 15 heavy (non-hydrogen) atoms. The van der Waals surface area contributed by atoms with Gasteiger partial charge in [-0.15, -0.1) is 0 Å². The summed E-state index contributed by atoms with van der Waals surface area (Å²) in [6, 6.07) is 8.27. The number of nitriles is 1. The number of rotatable bonds is 4. The van der Waals surface area contributed by atoms with Crippen LogP contribution in [0, 0.1) is 11.3 Å². The summed E-state index contributed by atoms with van der Waals surface area (Å²) in [4.78, 5) is 21.8. The van der Waals surface area contributed by atoms with Crippen molar-refractivity contribution in [1.82, 2.24) is 0 Å². The van der Waals surface area contributed by atoms with Gasteiger partial charge in [-0.2, -0.15) is 5.26 Å². The summed E-state index contributed by atoms with van der Waals surface area (Å²) in [5, 5.41) is 17.1. The third-order valence-corrected chi connectivity index (χ3v) is 1.91. The van der Waals surface area contributed by atoms with Crippen molar-refractivity contribution >= 4 is 11.8 Å². The minimum Gasteiger partial charge on any atom is -0.481 e. The van der Waals surface area contributed by atoms with Crippen molar-refractivity contribution in [2.75, 3.05) is 0 Å². The molecule has 0 unspecified atom stereocenters. The van der Waals surface area contributed by atoms with E-state index in [-0.39, 0.29) is 24.2 Å². The first-order valence-corrected chi connectivity index (χ1v) is 4.39. The zero-order chi connectivity index (χ0) is 11.3. The average molecular weight is 203 g/mol. The van der Waals surface area contributed by atoms with Gasteiger partial charge in [0, 0.05) is 12.0 Å². The molecule has 1 aromatic carbocycles. The minimum atomic E-state index is -1.02. The molecule has 1 aromatic rings. The number of hydrogen-bond acceptors (Lipinski definition) is 3. The molecular weight excluding hydrogens is 194 g/mol. The lowest BCUT2D eigenvalue weighted by atomic mass is 10.0. The van der Waals surface area contributed by atoms with Gasteiger partial charge in [0.25, 0.3) is 0 Å². The Morgan fingerprint density at radius 1 is 1.27 bits per heavy atom. The molecule has 4 heteroatoms. The molecule has 0 saturated carbocycles. The fraction of sp³-hybridized carbons (Fsp3) is 0.182. The number of Topliss-reactive ketones (excluding diaryl/α,β-unsaturated/α-hetero) is 1. The first-order valence-electron chi connectivity index (χ1n) is 4.39. The molecule has 76 valence electrons. The van der Waals surface area contributed by atoms with Gasteiger partial charge in [0.2, 0.25) is 0 Å². The second kappa shape index (κ2) is 4.91. The summed E-state index contributed by atoms with van der Waals surface area (Å²) in [6.07, 6.45) is -0.285. The van der Waals surface area contributed by atoms with Crippen LogP contribution in [0.2, 0.25) is 0 Å². The topological polar surface area (TPSA) is 78.2 Å². The largest absolute Gasteiger partial charge is 0.481 e. The van der Waals surface area contributed by atoms with E-state index >= 15 is 0 Å². The van der Waals surface area contributed by atoms with E-state index in [1.165, 1.54) is 12.1 Å². The van der Waals surface area contributed by atoms with Crippen molar-refractivity contribution in [1.29, 1.82) is 5.26 Å². The van der Waals surface area contributed by atoms with Gasteiger partial charge in [0.15, 0.2) is 5.78 Å². The fourth-order valence-corrected chi connectivity index (χ4v) is 1.18. The van der Waals surface area contributed by atoms with Gasteiger partial charge in [-0.3, -0.25) is 9.59 Å². The molecule has 0 heterocycles. The second-order valence-corrected chi connectivity index (χ2v) is 2.97. The van der Waals surface area contributed by atoms with Crippen LogP contribution in [0.1, 0.15) is 28.8 Å². The monoisotopic (exact) mass is 203 g/mol. The number of aliphatic carboxylic acids is 1. The SMILES string of the molecule is N#Cc1ccccc1C(=O)CCC(=O)O. The van der Waals surface area contributed by atoms with Crippen LogP contribution in [-0.4, -0.2) is 16.9 Å². The van der Waals surface area contributed by atoms with Crippen LogP contribution in [-0.2, 0) is 4.79 Å². The lowest BCUT2D eigenvalue weighted by molar-refractivity contribution is -0.136. The number of carbonyl (C=O) groups is 2. The van der Waals surface area contributed by atoms with E-state index in [9.17, 15) is 9.59 Å². The molecule has 0 bridgehead atoms. The summed E-state index contributed by atoms with van der Waals surface area (Å²) < 4.78 is 0. The molecule has 0 spiro atoms. The third-order valence-electron chi connectivity index (χ3n) is 1.91. The van der Waals surface area contributed by atoms with E-state index in [2.05, 4.69) is 0 Å². The standard InChI is InChI=1S/C11H9NO3/c12-7-8-3-1-2-4-9(8)10(13)5-6-11(14)15/h1-4H,5-6H2,(H,14,15). The van der Waals surface area contributed by atoms with Gasteiger partial charge in [-0.25, -0.2) is 0 Å². The highest BCUT2D eigenvalue weighted by atomic mass is 16.4. The highest BCUT2D eigenvalue weighted by Gasteiger charge is 2.11. The number of ketones is 1. The molecule has 0 aromatic heterocycles. The van der Waals surface area contributed by atoms with Crippen molar-refractivity contribution < 1.29 is 14.7 Å². The molecule has 0 aliphatic rings. The van der Waals surface area contributed by atoms with Gasteiger partial charge in [0.1, 0.15) is 0 Å². The smallest absolute Gasteiger partial charge is 0.303 e. The van der Waals surface area contributed by atoms with Crippen LogP contribution in [0.3, 0.4) is 0 Å².